The molecule has 1 aliphatic rings. The Morgan fingerprint density at radius 3 is 2.44 bits per heavy atom. The number of epoxide rings is 1. The van der Waals surface area contributed by atoms with Gasteiger partial charge >= 0.3 is 0 Å². The lowest BCUT2D eigenvalue weighted by molar-refractivity contribution is -0.123. The van der Waals surface area contributed by atoms with E-state index in [-0.39, 0.29) is 23.9 Å². The Labute approximate surface area is 95.4 Å². The molecule has 0 spiro atoms. The molecule has 0 N–H and O–H groups in total. The summed E-state index contributed by atoms with van der Waals surface area (Å²) >= 11 is 0. The Kier molecular flexibility index (Phi) is 2.97. The molecule has 1 heterocycles. The Hall–Kier alpha value is -1.35. The third-order valence-electron chi connectivity index (χ3n) is 2.79. The summed E-state index contributed by atoms with van der Waals surface area (Å²) in [5.41, 5.74) is 1.04. The van der Waals surface area contributed by atoms with Crippen LogP contribution in [0.4, 0.5) is 0 Å². The van der Waals surface area contributed by atoms with Gasteiger partial charge in [0, 0.05) is 5.92 Å². The molecule has 1 fully saturated rings. The summed E-state index contributed by atoms with van der Waals surface area (Å²) in [6, 6.07) is 7.65. The van der Waals surface area contributed by atoms with Gasteiger partial charge in [-0.15, -0.1) is 0 Å². The summed E-state index contributed by atoms with van der Waals surface area (Å²) < 4.78 is 10.5. The van der Waals surface area contributed by atoms with Crippen molar-refractivity contribution < 1.29 is 14.3 Å². The molecule has 1 aromatic rings. The highest BCUT2D eigenvalue weighted by Crippen LogP contribution is 2.40. The Morgan fingerprint density at radius 2 is 1.94 bits per heavy atom. The number of carbonyl (C=O) groups excluding carboxylic acids is 1. The molecule has 3 nitrogen and oxygen atoms in total. The minimum absolute atomic E-state index is 0.0354. The topological polar surface area (TPSA) is 38.8 Å². The summed E-state index contributed by atoms with van der Waals surface area (Å²) in [5, 5.41) is 0. The van der Waals surface area contributed by atoms with E-state index < -0.39 is 0 Å². The fourth-order valence-corrected chi connectivity index (χ4v) is 1.70. The number of benzene rings is 1. The molecule has 16 heavy (non-hydrogen) atoms. The number of ketones is 1. The fraction of sp³-hybridized carbons (Fsp3) is 0.462. The molecular formula is C13H16O3. The van der Waals surface area contributed by atoms with E-state index in [1.165, 1.54) is 0 Å². The van der Waals surface area contributed by atoms with Gasteiger partial charge in [0.2, 0.25) is 0 Å². The van der Waals surface area contributed by atoms with Gasteiger partial charge in [-0.3, -0.25) is 4.79 Å². The van der Waals surface area contributed by atoms with Crippen LogP contribution in [0.1, 0.15) is 25.5 Å². The van der Waals surface area contributed by atoms with Crippen molar-refractivity contribution in [3.05, 3.63) is 29.8 Å². The van der Waals surface area contributed by atoms with Crippen LogP contribution in [0.3, 0.4) is 0 Å². The normalized spacial score (nSPS) is 23.2. The quantitative estimate of drug-likeness (QED) is 0.731. The zero-order chi connectivity index (χ0) is 11.7. The molecule has 2 rings (SSSR count). The minimum Gasteiger partial charge on any atom is -0.497 e. The van der Waals surface area contributed by atoms with E-state index >= 15 is 0 Å². The fourth-order valence-electron chi connectivity index (χ4n) is 1.70. The number of hydrogen-bond donors (Lipinski definition) is 0. The molecule has 0 aromatic heterocycles. The van der Waals surface area contributed by atoms with Gasteiger partial charge in [0.25, 0.3) is 0 Å². The van der Waals surface area contributed by atoms with Gasteiger partial charge in [-0.05, 0) is 17.7 Å². The van der Waals surface area contributed by atoms with Crippen LogP contribution >= 0.6 is 0 Å². The molecule has 3 heteroatoms. The molecule has 0 radical (unpaired) electrons. The van der Waals surface area contributed by atoms with Gasteiger partial charge in [0.1, 0.15) is 18.0 Å². The van der Waals surface area contributed by atoms with Gasteiger partial charge in [0.05, 0.1) is 7.11 Å². The lowest BCUT2D eigenvalue weighted by Gasteiger charge is -2.01. The van der Waals surface area contributed by atoms with E-state index in [4.69, 9.17) is 9.47 Å². The zero-order valence-corrected chi connectivity index (χ0v) is 9.77. The lowest BCUT2D eigenvalue weighted by atomic mass is 10.0. The average molecular weight is 220 g/mol. The smallest absolute Gasteiger partial charge is 0.167 e. The Balaban J connectivity index is 2.03. The maximum Gasteiger partial charge on any atom is 0.167 e. The Bertz CT molecular complexity index is 381. The first-order chi connectivity index (χ1) is 7.63. The van der Waals surface area contributed by atoms with Gasteiger partial charge < -0.3 is 9.47 Å². The van der Waals surface area contributed by atoms with Crippen molar-refractivity contribution in [3.63, 3.8) is 0 Å². The van der Waals surface area contributed by atoms with Crippen molar-refractivity contribution in [3.8, 4) is 5.75 Å². The first kappa shape index (κ1) is 11.1. The SMILES string of the molecule is COc1ccc([C@@H]2O[C@@H]2C(=O)C(C)C)cc1. The molecule has 2 atom stereocenters. The number of ether oxygens (including phenoxy) is 2. The zero-order valence-electron chi connectivity index (χ0n) is 9.77. The van der Waals surface area contributed by atoms with Crippen LogP contribution < -0.4 is 4.74 Å². The molecule has 1 aliphatic heterocycles. The predicted octanol–water partition coefficient (Wildman–Crippen LogP) is 2.36. The summed E-state index contributed by atoms with van der Waals surface area (Å²) in [4.78, 5) is 11.7. The van der Waals surface area contributed by atoms with Gasteiger partial charge in [-0.2, -0.15) is 0 Å². The van der Waals surface area contributed by atoms with Crippen molar-refractivity contribution in [1.29, 1.82) is 0 Å². The van der Waals surface area contributed by atoms with Crippen molar-refractivity contribution in [1.82, 2.24) is 0 Å². The number of hydrogen-bond acceptors (Lipinski definition) is 3. The highest BCUT2D eigenvalue weighted by molar-refractivity contribution is 5.87. The molecule has 0 bridgehead atoms. The maximum atomic E-state index is 11.7. The van der Waals surface area contributed by atoms with Gasteiger partial charge in [-0.25, -0.2) is 0 Å². The summed E-state index contributed by atoms with van der Waals surface area (Å²) in [5.74, 6) is 1.03. The molecule has 0 amide bonds. The molecule has 0 aliphatic carbocycles. The van der Waals surface area contributed by atoms with Crippen LogP contribution in [0.2, 0.25) is 0 Å². The van der Waals surface area contributed by atoms with E-state index in [1.54, 1.807) is 7.11 Å². The average Bonchev–Trinajstić information content (AvgIpc) is 3.08. The van der Waals surface area contributed by atoms with Crippen molar-refractivity contribution in [2.45, 2.75) is 26.1 Å². The standard InChI is InChI=1S/C13H16O3/c1-8(2)11(14)13-12(16-13)9-4-6-10(15-3)7-5-9/h4-8,12-13H,1-3H3/t12-,13+/m0/s1. The van der Waals surface area contributed by atoms with Crippen LogP contribution in [0.5, 0.6) is 5.75 Å². The summed E-state index contributed by atoms with van der Waals surface area (Å²) in [6.45, 7) is 3.80. The highest BCUT2D eigenvalue weighted by Gasteiger charge is 2.46. The second-order valence-corrected chi connectivity index (χ2v) is 4.31. The van der Waals surface area contributed by atoms with E-state index in [0.717, 1.165) is 11.3 Å². The largest absolute Gasteiger partial charge is 0.497 e. The van der Waals surface area contributed by atoms with E-state index in [2.05, 4.69) is 0 Å². The summed E-state index contributed by atoms with van der Waals surface area (Å²) in [6.07, 6.45) is -0.297. The first-order valence-corrected chi connectivity index (χ1v) is 5.46. The molecule has 1 saturated heterocycles. The molecular weight excluding hydrogens is 204 g/mol. The second-order valence-electron chi connectivity index (χ2n) is 4.31. The predicted molar refractivity (Wildman–Crippen MR) is 60.5 cm³/mol. The molecule has 0 saturated carbocycles. The van der Waals surface area contributed by atoms with Crippen LogP contribution in [0.15, 0.2) is 24.3 Å². The first-order valence-electron chi connectivity index (χ1n) is 5.46. The van der Waals surface area contributed by atoms with Crippen LogP contribution in [0, 0.1) is 5.92 Å². The monoisotopic (exact) mass is 220 g/mol. The van der Waals surface area contributed by atoms with Crippen LogP contribution in [-0.2, 0) is 9.53 Å². The number of carbonyl (C=O) groups is 1. The number of rotatable bonds is 4. The third kappa shape index (κ3) is 2.09. The van der Waals surface area contributed by atoms with E-state index in [9.17, 15) is 4.79 Å². The molecule has 86 valence electrons. The Morgan fingerprint density at radius 1 is 1.31 bits per heavy atom. The summed E-state index contributed by atoms with van der Waals surface area (Å²) in [7, 11) is 1.63. The minimum atomic E-state index is -0.242. The lowest BCUT2D eigenvalue weighted by Crippen LogP contribution is -2.14. The maximum absolute atomic E-state index is 11.7. The number of methoxy groups -OCH3 is 1. The van der Waals surface area contributed by atoms with Crippen LogP contribution in [-0.4, -0.2) is 19.0 Å². The third-order valence-corrected chi connectivity index (χ3v) is 2.79. The van der Waals surface area contributed by atoms with E-state index in [0.29, 0.717) is 0 Å². The van der Waals surface area contributed by atoms with E-state index in [1.807, 2.05) is 38.1 Å². The van der Waals surface area contributed by atoms with Crippen molar-refractivity contribution in [2.24, 2.45) is 5.92 Å². The second kappa shape index (κ2) is 4.26. The van der Waals surface area contributed by atoms with Crippen molar-refractivity contribution in [2.75, 3.05) is 7.11 Å². The number of Topliss-reactive ketones (excluding diaryl/α,β-unsaturated/α-hetero) is 1. The molecule has 0 unspecified atom stereocenters. The highest BCUT2D eigenvalue weighted by atomic mass is 16.6. The van der Waals surface area contributed by atoms with Crippen LogP contribution in [0.25, 0.3) is 0 Å². The molecule has 1 aromatic carbocycles. The van der Waals surface area contributed by atoms with Gasteiger partial charge in [-0.1, -0.05) is 26.0 Å². The van der Waals surface area contributed by atoms with Crippen molar-refractivity contribution >= 4 is 5.78 Å². The van der Waals surface area contributed by atoms with Gasteiger partial charge in [0.15, 0.2) is 5.78 Å².